The summed E-state index contributed by atoms with van der Waals surface area (Å²) in [7, 11) is 0. The molecule has 0 aromatic heterocycles. The molecule has 1 aromatic rings. The van der Waals surface area contributed by atoms with Gasteiger partial charge in [-0.25, -0.2) is 4.39 Å². The first-order valence-electron chi connectivity index (χ1n) is 6.91. The topological polar surface area (TPSA) is 98.3 Å². The van der Waals surface area contributed by atoms with Crippen LogP contribution in [0.1, 0.15) is 32.6 Å². The zero-order chi connectivity index (χ0) is 15.8. The van der Waals surface area contributed by atoms with Gasteiger partial charge >= 0.3 is 0 Å². The number of nitro benzene ring substituents is 1. The van der Waals surface area contributed by atoms with Crippen LogP contribution in [0.5, 0.6) is 0 Å². The second kappa shape index (κ2) is 8.31. The first-order chi connectivity index (χ1) is 9.97. The largest absolute Gasteiger partial charge is 0.330 e. The van der Waals surface area contributed by atoms with Crippen LogP contribution in [-0.4, -0.2) is 17.4 Å². The fourth-order valence-corrected chi connectivity index (χ4v) is 2.10. The molecule has 7 heteroatoms. The van der Waals surface area contributed by atoms with Crippen molar-refractivity contribution in [3.05, 3.63) is 34.1 Å². The molecule has 0 heterocycles. The standard InChI is InChI=1S/C14H20FN3O3/c1-2-10(7-8-16)3-6-14(19)17-12-5-4-11(15)9-13(12)18(20)21/h4-5,9-10H,2-3,6-8,16H2,1H3,(H,17,19). The highest BCUT2D eigenvalue weighted by atomic mass is 19.1. The van der Waals surface area contributed by atoms with Crippen molar-refractivity contribution in [1.29, 1.82) is 0 Å². The Kier molecular flexibility index (Phi) is 6.74. The average molecular weight is 297 g/mol. The number of anilines is 1. The SMILES string of the molecule is CCC(CCN)CCC(=O)Nc1ccc(F)cc1[N+](=O)[O-]. The maximum Gasteiger partial charge on any atom is 0.295 e. The van der Waals surface area contributed by atoms with Crippen molar-refractivity contribution in [2.45, 2.75) is 32.6 Å². The molecule has 1 aromatic carbocycles. The number of hydrogen-bond acceptors (Lipinski definition) is 4. The fourth-order valence-electron chi connectivity index (χ4n) is 2.10. The zero-order valence-corrected chi connectivity index (χ0v) is 12.0. The number of amides is 1. The van der Waals surface area contributed by atoms with Gasteiger partial charge in [-0.15, -0.1) is 0 Å². The number of carbonyl (C=O) groups excluding carboxylic acids is 1. The molecule has 1 amide bonds. The van der Waals surface area contributed by atoms with E-state index in [9.17, 15) is 19.3 Å². The van der Waals surface area contributed by atoms with Crippen LogP contribution in [0.15, 0.2) is 18.2 Å². The number of benzene rings is 1. The Morgan fingerprint density at radius 3 is 2.76 bits per heavy atom. The predicted molar refractivity (Wildman–Crippen MR) is 78.4 cm³/mol. The van der Waals surface area contributed by atoms with Gasteiger partial charge < -0.3 is 11.1 Å². The van der Waals surface area contributed by atoms with Crippen LogP contribution in [0.2, 0.25) is 0 Å². The molecule has 116 valence electrons. The summed E-state index contributed by atoms with van der Waals surface area (Å²) in [5.74, 6) is -0.669. The molecule has 21 heavy (non-hydrogen) atoms. The summed E-state index contributed by atoms with van der Waals surface area (Å²) in [6, 6.07) is 3.06. The van der Waals surface area contributed by atoms with Gasteiger partial charge in [0.2, 0.25) is 5.91 Å². The quantitative estimate of drug-likeness (QED) is 0.569. The molecule has 0 fully saturated rings. The molecule has 1 atom stereocenters. The van der Waals surface area contributed by atoms with Crippen LogP contribution in [0.4, 0.5) is 15.8 Å². The molecule has 1 unspecified atom stereocenters. The van der Waals surface area contributed by atoms with Crippen molar-refractivity contribution in [3.8, 4) is 0 Å². The lowest BCUT2D eigenvalue weighted by molar-refractivity contribution is -0.384. The molecular formula is C14H20FN3O3. The minimum absolute atomic E-state index is 0.0123. The highest BCUT2D eigenvalue weighted by Crippen LogP contribution is 2.25. The predicted octanol–water partition coefficient (Wildman–Crippen LogP) is 2.83. The summed E-state index contributed by atoms with van der Waals surface area (Å²) in [6.45, 7) is 2.60. The normalized spacial score (nSPS) is 12.0. The van der Waals surface area contributed by atoms with E-state index < -0.39 is 16.4 Å². The number of hydrogen-bond donors (Lipinski definition) is 2. The van der Waals surface area contributed by atoms with E-state index in [1.165, 1.54) is 6.07 Å². The maximum atomic E-state index is 13.0. The molecule has 1 rings (SSSR count). The van der Waals surface area contributed by atoms with Gasteiger partial charge in [0.1, 0.15) is 11.5 Å². The van der Waals surface area contributed by atoms with Gasteiger partial charge in [-0.2, -0.15) is 0 Å². The molecular weight excluding hydrogens is 277 g/mol. The Labute approximate surface area is 122 Å². The summed E-state index contributed by atoms with van der Waals surface area (Å²) >= 11 is 0. The van der Waals surface area contributed by atoms with E-state index >= 15 is 0 Å². The highest BCUT2D eigenvalue weighted by molar-refractivity contribution is 5.93. The van der Waals surface area contributed by atoms with E-state index in [1.807, 2.05) is 6.92 Å². The lowest BCUT2D eigenvalue weighted by Crippen LogP contribution is -2.15. The van der Waals surface area contributed by atoms with Crippen LogP contribution in [0.25, 0.3) is 0 Å². The van der Waals surface area contributed by atoms with E-state index in [4.69, 9.17) is 5.73 Å². The van der Waals surface area contributed by atoms with Crippen molar-refractivity contribution in [3.63, 3.8) is 0 Å². The van der Waals surface area contributed by atoms with Crippen LogP contribution < -0.4 is 11.1 Å². The van der Waals surface area contributed by atoms with Gasteiger partial charge in [-0.3, -0.25) is 14.9 Å². The van der Waals surface area contributed by atoms with Crippen molar-refractivity contribution in [2.75, 3.05) is 11.9 Å². The minimum atomic E-state index is -0.720. The molecule has 0 aliphatic heterocycles. The van der Waals surface area contributed by atoms with Crippen molar-refractivity contribution in [1.82, 2.24) is 0 Å². The lowest BCUT2D eigenvalue weighted by Gasteiger charge is -2.13. The number of nitrogens with two attached hydrogens (primary N) is 1. The third kappa shape index (κ3) is 5.47. The number of nitrogens with one attached hydrogen (secondary N) is 1. The average Bonchev–Trinajstić information content (AvgIpc) is 2.45. The van der Waals surface area contributed by atoms with E-state index in [-0.39, 0.29) is 18.0 Å². The van der Waals surface area contributed by atoms with Crippen molar-refractivity contribution >= 4 is 17.3 Å². The van der Waals surface area contributed by atoms with Gasteiger partial charge in [-0.05, 0) is 37.4 Å². The Balaban J connectivity index is 2.65. The monoisotopic (exact) mass is 297 g/mol. The maximum absolute atomic E-state index is 13.0. The first kappa shape index (κ1) is 17.0. The number of carbonyl (C=O) groups is 1. The van der Waals surface area contributed by atoms with Crippen LogP contribution in [0.3, 0.4) is 0 Å². The molecule has 0 spiro atoms. The zero-order valence-electron chi connectivity index (χ0n) is 12.0. The van der Waals surface area contributed by atoms with Crippen LogP contribution >= 0.6 is 0 Å². The fraction of sp³-hybridized carbons (Fsp3) is 0.500. The third-order valence-corrected chi connectivity index (χ3v) is 3.36. The van der Waals surface area contributed by atoms with Crippen LogP contribution in [-0.2, 0) is 4.79 Å². The summed E-state index contributed by atoms with van der Waals surface area (Å²) in [5, 5.41) is 13.3. The molecule has 3 N–H and O–H groups in total. The summed E-state index contributed by atoms with van der Waals surface area (Å²) in [5.41, 5.74) is 5.06. The Bertz CT molecular complexity index is 508. The number of nitrogens with zero attached hydrogens (tertiary/aromatic N) is 1. The summed E-state index contributed by atoms with van der Waals surface area (Å²) < 4.78 is 13.0. The van der Waals surface area contributed by atoms with E-state index in [2.05, 4.69) is 5.32 Å². The Morgan fingerprint density at radius 2 is 2.19 bits per heavy atom. The van der Waals surface area contributed by atoms with E-state index in [0.717, 1.165) is 25.0 Å². The van der Waals surface area contributed by atoms with Gasteiger partial charge in [-0.1, -0.05) is 13.3 Å². The summed E-state index contributed by atoms with van der Waals surface area (Å²) in [4.78, 5) is 21.9. The molecule has 0 aliphatic rings. The summed E-state index contributed by atoms with van der Waals surface area (Å²) in [6.07, 6.45) is 2.71. The van der Waals surface area contributed by atoms with Gasteiger partial charge in [0.05, 0.1) is 11.0 Å². The minimum Gasteiger partial charge on any atom is -0.330 e. The number of rotatable bonds is 8. The van der Waals surface area contributed by atoms with E-state index in [1.54, 1.807) is 0 Å². The van der Waals surface area contributed by atoms with Crippen molar-refractivity contribution < 1.29 is 14.1 Å². The Hall–Kier alpha value is -2.02. The second-order valence-electron chi connectivity index (χ2n) is 4.86. The van der Waals surface area contributed by atoms with E-state index in [0.29, 0.717) is 18.9 Å². The molecule has 0 radical (unpaired) electrons. The lowest BCUT2D eigenvalue weighted by atomic mass is 9.96. The number of halogens is 1. The van der Waals surface area contributed by atoms with Gasteiger partial charge in [0.15, 0.2) is 0 Å². The molecule has 0 saturated heterocycles. The molecule has 6 nitrogen and oxygen atoms in total. The van der Waals surface area contributed by atoms with Gasteiger partial charge in [0.25, 0.3) is 5.69 Å². The molecule has 0 saturated carbocycles. The Morgan fingerprint density at radius 1 is 1.48 bits per heavy atom. The highest BCUT2D eigenvalue weighted by Gasteiger charge is 2.17. The van der Waals surface area contributed by atoms with Crippen LogP contribution in [0, 0.1) is 21.8 Å². The van der Waals surface area contributed by atoms with Gasteiger partial charge in [0, 0.05) is 6.42 Å². The van der Waals surface area contributed by atoms with Crippen molar-refractivity contribution in [2.24, 2.45) is 11.7 Å². The molecule has 0 bridgehead atoms. The smallest absolute Gasteiger partial charge is 0.295 e. The second-order valence-corrected chi connectivity index (χ2v) is 4.86. The third-order valence-electron chi connectivity index (χ3n) is 3.36. The number of nitro groups is 1. The first-order valence-corrected chi connectivity index (χ1v) is 6.91. The molecule has 0 aliphatic carbocycles.